The molecule has 2 atom stereocenters. The average molecular weight is 250 g/mol. The minimum atomic E-state index is -0.558. The first-order chi connectivity index (χ1) is 8.63. The van der Waals surface area contributed by atoms with E-state index in [2.05, 4.69) is 18.3 Å². The van der Waals surface area contributed by atoms with Gasteiger partial charge in [-0.25, -0.2) is 0 Å². The van der Waals surface area contributed by atoms with Crippen LogP contribution in [0.3, 0.4) is 0 Å². The number of hydrogen-bond donors (Lipinski definition) is 2. The molecule has 100 valence electrons. The molecule has 0 aromatic rings. The van der Waals surface area contributed by atoms with Crippen LogP contribution in [0.4, 0.5) is 0 Å². The lowest BCUT2D eigenvalue weighted by atomic mass is 9.99. The van der Waals surface area contributed by atoms with E-state index in [9.17, 15) is 10.1 Å². The van der Waals surface area contributed by atoms with Crippen LogP contribution >= 0.6 is 0 Å². The number of nitrogens with one attached hydrogen (secondary N) is 2. The Hall–Kier alpha value is -1.08. The van der Waals surface area contributed by atoms with Crippen LogP contribution in [0.5, 0.6) is 0 Å². The van der Waals surface area contributed by atoms with Crippen molar-refractivity contribution in [1.82, 2.24) is 5.32 Å². The van der Waals surface area contributed by atoms with Crippen LogP contribution in [0.2, 0.25) is 0 Å². The van der Waals surface area contributed by atoms with Crippen molar-refractivity contribution in [1.29, 1.82) is 5.26 Å². The fourth-order valence-corrected chi connectivity index (χ4v) is 3.34. The highest BCUT2D eigenvalue weighted by atomic mass is 16.2. The van der Waals surface area contributed by atoms with E-state index in [0.717, 1.165) is 44.7 Å². The summed E-state index contributed by atoms with van der Waals surface area (Å²) in [5.74, 6) is 0.778. The largest absolute Gasteiger partial charge is 0.333 e. The van der Waals surface area contributed by atoms with E-state index in [1.807, 2.05) is 0 Å². The number of carbonyl (C=O) groups excluding carboxylic acids is 1. The van der Waals surface area contributed by atoms with E-state index in [-0.39, 0.29) is 5.91 Å². The maximum Gasteiger partial charge on any atom is 0.276 e. The molecule has 1 unspecified atom stereocenters. The van der Waals surface area contributed by atoms with Gasteiger partial charge in [0.2, 0.25) is 0 Å². The molecule has 18 heavy (non-hydrogen) atoms. The van der Waals surface area contributed by atoms with E-state index in [0.29, 0.717) is 6.54 Å². The number of carbonyl (C=O) groups is 1. The molecule has 1 saturated carbocycles. The molecule has 0 aromatic heterocycles. The van der Waals surface area contributed by atoms with Gasteiger partial charge in [-0.3, -0.25) is 4.79 Å². The molecule has 1 aliphatic heterocycles. The van der Waals surface area contributed by atoms with E-state index >= 15 is 0 Å². The number of hydrogen-bond acceptors (Lipinski definition) is 2. The monoisotopic (exact) mass is 250 g/mol. The smallest absolute Gasteiger partial charge is 0.276 e. The zero-order valence-electron chi connectivity index (χ0n) is 11.3. The van der Waals surface area contributed by atoms with E-state index in [4.69, 9.17) is 0 Å². The molecular formula is C14H24N3O+. The fourth-order valence-electron chi connectivity index (χ4n) is 3.34. The molecule has 2 aliphatic rings. The highest BCUT2D eigenvalue weighted by molar-refractivity contribution is 5.78. The Kier molecular flexibility index (Phi) is 4.23. The minimum Gasteiger partial charge on any atom is -0.333 e. The van der Waals surface area contributed by atoms with E-state index in [1.54, 1.807) is 0 Å². The maximum atomic E-state index is 12.1. The molecule has 0 radical (unpaired) electrons. The second-order valence-corrected chi connectivity index (χ2v) is 6.08. The number of piperidine rings is 1. The van der Waals surface area contributed by atoms with Crippen LogP contribution < -0.4 is 10.2 Å². The predicted octanol–water partition coefficient (Wildman–Crippen LogP) is 0.254. The highest BCUT2D eigenvalue weighted by Crippen LogP contribution is 2.28. The van der Waals surface area contributed by atoms with Crippen LogP contribution in [0, 0.1) is 17.2 Å². The number of rotatable bonds is 3. The van der Waals surface area contributed by atoms with Gasteiger partial charge in [-0.15, -0.1) is 0 Å². The molecule has 1 amide bonds. The molecule has 0 aromatic carbocycles. The molecule has 0 bridgehead atoms. The lowest BCUT2D eigenvalue weighted by molar-refractivity contribution is -0.900. The van der Waals surface area contributed by atoms with Crippen molar-refractivity contribution < 1.29 is 9.69 Å². The summed E-state index contributed by atoms with van der Waals surface area (Å²) in [4.78, 5) is 13.4. The van der Waals surface area contributed by atoms with Crippen LogP contribution in [-0.2, 0) is 4.79 Å². The van der Waals surface area contributed by atoms with Crippen LogP contribution in [0.1, 0.15) is 45.4 Å². The van der Waals surface area contributed by atoms with Crippen molar-refractivity contribution in [3.8, 4) is 6.07 Å². The number of quaternary nitrogens is 1. The first-order valence-corrected chi connectivity index (χ1v) is 7.19. The van der Waals surface area contributed by atoms with Crippen molar-refractivity contribution in [3.63, 3.8) is 0 Å². The summed E-state index contributed by atoms with van der Waals surface area (Å²) >= 11 is 0. The Morgan fingerprint density at radius 3 is 2.78 bits per heavy atom. The molecule has 1 aliphatic carbocycles. The molecule has 1 saturated heterocycles. The van der Waals surface area contributed by atoms with Gasteiger partial charge in [-0.1, -0.05) is 6.92 Å². The summed E-state index contributed by atoms with van der Waals surface area (Å²) in [7, 11) is 0. The summed E-state index contributed by atoms with van der Waals surface area (Å²) in [5, 5.41) is 12.2. The summed E-state index contributed by atoms with van der Waals surface area (Å²) in [6, 6.07) is 2.31. The fraction of sp³-hybridized carbons (Fsp3) is 0.857. The summed E-state index contributed by atoms with van der Waals surface area (Å²) in [6.45, 7) is 4.98. The number of nitrogens with zero attached hydrogens (tertiary/aromatic N) is 1. The average Bonchev–Trinajstić information content (AvgIpc) is 2.78. The third kappa shape index (κ3) is 3.23. The van der Waals surface area contributed by atoms with Gasteiger partial charge in [-0.2, -0.15) is 5.26 Å². The van der Waals surface area contributed by atoms with Crippen LogP contribution in [0.15, 0.2) is 0 Å². The first-order valence-electron chi connectivity index (χ1n) is 7.19. The quantitative estimate of drug-likeness (QED) is 0.754. The van der Waals surface area contributed by atoms with Gasteiger partial charge in [0.05, 0.1) is 19.2 Å². The van der Waals surface area contributed by atoms with Gasteiger partial charge >= 0.3 is 0 Å². The highest BCUT2D eigenvalue weighted by Gasteiger charge is 2.36. The van der Waals surface area contributed by atoms with Crippen LogP contribution in [-0.4, -0.2) is 31.1 Å². The summed E-state index contributed by atoms with van der Waals surface area (Å²) < 4.78 is 0. The topological polar surface area (TPSA) is 57.3 Å². The van der Waals surface area contributed by atoms with E-state index < -0.39 is 5.54 Å². The third-order valence-corrected chi connectivity index (χ3v) is 4.32. The normalized spacial score (nSPS) is 30.7. The second kappa shape index (κ2) is 5.71. The zero-order valence-corrected chi connectivity index (χ0v) is 11.3. The first kappa shape index (κ1) is 13.4. The lowest BCUT2D eigenvalue weighted by Gasteiger charge is -2.29. The third-order valence-electron chi connectivity index (χ3n) is 4.32. The Labute approximate surface area is 109 Å². The van der Waals surface area contributed by atoms with Crippen molar-refractivity contribution >= 4 is 5.91 Å². The van der Waals surface area contributed by atoms with Crippen LogP contribution in [0.25, 0.3) is 0 Å². The van der Waals surface area contributed by atoms with Crippen molar-refractivity contribution in [2.24, 2.45) is 5.92 Å². The van der Waals surface area contributed by atoms with Gasteiger partial charge in [0, 0.05) is 5.92 Å². The molecule has 1 heterocycles. The van der Waals surface area contributed by atoms with Crippen molar-refractivity contribution in [3.05, 3.63) is 0 Å². The Bertz CT molecular complexity index is 341. The second-order valence-electron chi connectivity index (χ2n) is 6.08. The summed E-state index contributed by atoms with van der Waals surface area (Å²) in [6.07, 6.45) is 6.26. The van der Waals surface area contributed by atoms with Crippen molar-refractivity contribution in [2.75, 3.05) is 19.6 Å². The van der Waals surface area contributed by atoms with Gasteiger partial charge in [0.15, 0.2) is 6.54 Å². The SMILES string of the molecule is C[C@H]1CCC[NH+](CC(=O)NC2(C#N)CCCC2)C1. The van der Waals surface area contributed by atoms with Gasteiger partial charge < -0.3 is 10.2 Å². The Morgan fingerprint density at radius 1 is 1.44 bits per heavy atom. The predicted molar refractivity (Wildman–Crippen MR) is 68.9 cm³/mol. The number of nitriles is 1. The molecule has 2 N–H and O–H groups in total. The molecular weight excluding hydrogens is 226 g/mol. The zero-order chi connectivity index (χ0) is 13.0. The van der Waals surface area contributed by atoms with Gasteiger partial charge in [-0.05, 0) is 38.5 Å². The lowest BCUT2D eigenvalue weighted by Crippen LogP contribution is -3.14. The molecule has 4 heteroatoms. The van der Waals surface area contributed by atoms with Gasteiger partial charge in [0.1, 0.15) is 5.54 Å². The Morgan fingerprint density at radius 2 is 2.17 bits per heavy atom. The van der Waals surface area contributed by atoms with E-state index in [1.165, 1.54) is 17.7 Å². The number of likely N-dealkylation sites (tertiary alicyclic amines) is 1. The molecule has 2 rings (SSSR count). The minimum absolute atomic E-state index is 0.0579. The van der Waals surface area contributed by atoms with Gasteiger partial charge in [0.25, 0.3) is 5.91 Å². The molecule has 0 spiro atoms. The van der Waals surface area contributed by atoms with Crippen molar-refractivity contribution in [2.45, 2.75) is 51.0 Å². The standard InChI is InChI=1S/C14H23N3O/c1-12-5-4-8-17(9-12)10-13(18)16-14(11-15)6-2-3-7-14/h12H,2-10H2,1H3,(H,16,18)/p+1/t12-/m0/s1. The molecule has 4 nitrogen and oxygen atoms in total. The maximum absolute atomic E-state index is 12.1. The summed E-state index contributed by atoms with van der Waals surface area (Å²) in [5.41, 5.74) is -0.558. The number of amides is 1. The Balaban J connectivity index is 1.83. The molecule has 2 fully saturated rings.